The molecule has 0 aromatic heterocycles. The quantitative estimate of drug-likeness (QED) is 0.779. The molecule has 0 saturated carbocycles. The molecule has 1 rings (SSSR count). The van der Waals surface area contributed by atoms with Crippen LogP contribution < -0.4 is 10.5 Å². The average Bonchev–Trinajstić information content (AvgIpc) is 2.42. The van der Waals surface area contributed by atoms with Crippen LogP contribution >= 0.6 is 0 Å². The number of rotatable bonds is 7. The van der Waals surface area contributed by atoms with Gasteiger partial charge in [0, 0.05) is 6.04 Å². The number of nitrogens with two attached hydrogens (primary N) is 1. The van der Waals surface area contributed by atoms with Gasteiger partial charge in [0.05, 0.1) is 6.61 Å². The molecule has 4 heteroatoms. The molecule has 2 atom stereocenters. The first kappa shape index (κ1) is 16.5. The summed E-state index contributed by atoms with van der Waals surface area (Å²) in [5.74, 6) is 0.401. The van der Waals surface area contributed by atoms with E-state index >= 15 is 0 Å². The van der Waals surface area contributed by atoms with E-state index in [4.69, 9.17) is 15.2 Å². The van der Waals surface area contributed by atoms with E-state index in [-0.39, 0.29) is 12.0 Å². The highest BCUT2D eigenvalue weighted by Crippen LogP contribution is 2.26. The molecule has 0 saturated heterocycles. The second-order valence-corrected chi connectivity index (χ2v) is 4.95. The summed E-state index contributed by atoms with van der Waals surface area (Å²) in [5.41, 5.74) is 8.05. The maximum atomic E-state index is 11.7. The lowest BCUT2D eigenvalue weighted by Gasteiger charge is -2.19. The SMILES string of the molecule is CCOC(=O)C(C)Oc1c(C)cccc1CC(N)CC. The van der Waals surface area contributed by atoms with Gasteiger partial charge in [-0.2, -0.15) is 0 Å². The summed E-state index contributed by atoms with van der Waals surface area (Å²) in [7, 11) is 0. The zero-order valence-electron chi connectivity index (χ0n) is 12.8. The molecule has 0 aliphatic heterocycles. The summed E-state index contributed by atoms with van der Waals surface area (Å²) in [6.07, 6.45) is 1.02. The molecule has 0 amide bonds. The highest BCUT2D eigenvalue weighted by molar-refractivity contribution is 5.74. The molecule has 4 nitrogen and oxygen atoms in total. The third-order valence-corrected chi connectivity index (χ3v) is 3.21. The van der Waals surface area contributed by atoms with Gasteiger partial charge >= 0.3 is 5.97 Å². The van der Waals surface area contributed by atoms with Crippen LogP contribution in [-0.4, -0.2) is 24.7 Å². The van der Waals surface area contributed by atoms with E-state index in [1.54, 1.807) is 13.8 Å². The summed E-state index contributed by atoms with van der Waals surface area (Å²) in [5, 5.41) is 0. The Morgan fingerprint density at radius 1 is 1.35 bits per heavy atom. The van der Waals surface area contributed by atoms with Gasteiger partial charge in [-0.05, 0) is 44.7 Å². The summed E-state index contributed by atoms with van der Waals surface area (Å²) in [4.78, 5) is 11.7. The first-order chi connectivity index (χ1) is 9.49. The van der Waals surface area contributed by atoms with Gasteiger partial charge in [0.15, 0.2) is 6.10 Å². The van der Waals surface area contributed by atoms with Crippen LogP contribution in [0.2, 0.25) is 0 Å². The van der Waals surface area contributed by atoms with Gasteiger partial charge in [0.25, 0.3) is 0 Å². The normalized spacial score (nSPS) is 13.7. The lowest BCUT2D eigenvalue weighted by molar-refractivity contribution is -0.150. The molecule has 0 radical (unpaired) electrons. The molecule has 0 aliphatic carbocycles. The number of benzene rings is 1. The monoisotopic (exact) mass is 279 g/mol. The first-order valence-electron chi connectivity index (χ1n) is 7.16. The predicted molar refractivity (Wildman–Crippen MR) is 79.9 cm³/mol. The maximum Gasteiger partial charge on any atom is 0.347 e. The highest BCUT2D eigenvalue weighted by atomic mass is 16.6. The predicted octanol–water partition coefficient (Wildman–Crippen LogP) is 2.61. The van der Waals surface area contributed by atoms with Crippen LogP contribution in [0.3, 0.4) is 0 Å². The fourth-order valence-electron chi connectivity index (χ4n) is 1.95. The number of hydrogen-bond donors (Lipinski definition) is 1. The Bertz CT molecular complexity index is 445. The summed E-state index contributed by atoms with van der Waals surface area (Å²) < 4.78 is 10.8. The van der Waals surface area contributed by atoms with E-state index in [2.05, 4.69) is 6.92 Å². The van der Waals surface area contributed by atoms with Crippen molar-refractivity contribution in [2.24, 2.45) is 5.73 Å². The summed E-state index contributed by atoms with van der Waals surface area (Å²) in [6.45, 7) is 7.86. The molecule has 0 aliphatic rings. The highest BCUT2D eigenvalue weighted by Gasteiger charge is 2.19. The van der Waals surface area contributed by atoms with Crippen molar-refractivity contribution < 1.29 is 14.3 Å². The minimum absolute atomic E-state index is 0.0945. The zero-order valence-corrected chi connectivity index (χ0v) is 12.8. The molecule has 2 unspecified atom stereocenters. The molecule has 1 aromatic rings. The Morgan fingerprint density at radius 2 is 2.05 bits per heavy atom. The molecule has 1 aromatic carbocycles. The van der Waals surface area contributed by atoms with E-state index in [0.29, 0.717) is 6.61 Å². The molecule has 0 fully saturated rings. The molecule has 20 heavy (non-hydrogen) atoms. The third kappa shape index (κ3) is 4.53. The molecular formula is C16H25NO3. The Balaban J connectivity index is 2.89. The summed E-state index contributed by atoms with van der Waals surface area (Å²) in [6, 6.07) is 6.04. The van der Waals surface area contributed by atoms with Crippen molar-refractivity contribution in [1.29, 1.82) is 0 Å². The number of ether oxygens (including phenoxy) is 2. The second-order valence-electron chi connectivity index (χ2n) is 4.95. The van der Waals surface area contributed by atoms with Crippen molar-refractivity contribution in [2.75, 3.05) is 6.61 Å². The van der Waals surface area contributed by atoms with Crippen LogP contribution in [0.4, 0.5) is 0 Å². The molecular weight excluding hydrogens is 254 g/mol. The molecule has 0 bridgehead atoms. The number of aryl methyl sites for hydroxylation is 1. The van der Waals surface area contributed by atoms with Gasteiger partial charge < -0.3 is 15.2 Å². The van der Waals surface area contributed by atoms with E-state index in [1.165, 1.54) is 0 Å². The molecule has 0 spiro atoms. The van der Waals surface area contributed by atoms with Crippen molar-refractivity contribution in [1.82, 2.24) is 0 Å². The number of carbonyl (C=O) groups is 1. The lowest BCUT2D eigenvalue weighted by atomic mass is 10.0. The molecule has 0 heterocycles. The molecule has 112 valence electrons. The van der Waals surface area contributed by atoms with Crippen molar-refractivity contribution in [2.45, 2.75) is 52.7 Å². The van der Waals surface area contributed by atoms with E-state index in [1.807, 2.05) is 25.1 Å². The number of para-hydroxylation sites is 1. The van der Waals surface area contributed by atoms with Gasteiger partial charge in [-0.15, -0.1) is 0 Å². The lowest BCUT2D eigenvalue weighted by Crippen LogP contribution is -2.27. The van der Waals surface area contributed by atoms with E-state index in [9.17, 15) is 4.79 Å². The van der Waals surface area contributed by atoms with E-state index < -0.39 is 6.10 Å². The molecule has 2 N–H and O–H groups in total. The largest absolute Gasteiger partial charge is 0.478 e. The van der Waals surface area contributed by atoms with Gasteiger partial charge in [0.1, 0.15) is 5.75 Å². The fourth-order valence-corrected chi connectivity index (χ4v) is 1.95. The van der Waals surface area contributed by atoms with Crippen LogP contribution in [0.25, 0.3) is 0 Å². The van der Waals surface area contributed by atoms with Gasteiger partial charge in [-0.25, -0.2) is 4.79 Å². The number of esters is 1. The van der Waals surface area contributed by atoms with Crippen molar-refractivity contribution in [3.63, 3.8) is 0 Å². The smallest absolute Gasteiger partial charge is 0.347 e. The van der Waals surface area contributed by atoms with Crippen LogP contribution in [0.15, 0.2) is 18.2 Å². The average molecular weight is 279 g/mol. The van der Waals surface area contributed by atoms with E-state index in [0.717, 1.165) is 29.7 Å². The van der Waals surface area contributed by atoms with Gasteiger partial charge in [0.2, 0.25) is 0 Å². The van der Waals surface area contributed by atoms with Crippen LogP contribution in [-0.2, 0) is 16.0 Å². The Labute approximate surface area is 121 Å². The number of hydrogen-bond acceptors (Lipinski definition) is 4. The van der Waals surface area contributed by atoms with Gasteiger partial charge in [-0.3, -0.25) is 0 Å². The Hall–Kier alpha value is -1.55. The van der Waals surface area contributed by atoms with Crippen molar-refractivity contribution in [3.05, 3.63) is 29.3 Å². The zero-order chi connectivity index (χ0) is 15.1. The third-order valence-electron chi connectivity index (χ3n) is 3.21. The van der Waals surface area contributed by atoms with Crippen LogP contribution in [0, 0.1) is 6.92 Å². The van der Waals surface area contributed by atoms with Crippen molar-refractivity contribution >= 4 is 5.97 Å². The minimum Gasteiger partial charge on any atom is -0.478 e. The van der Waals surface area contributed by atoms with Crippen LogP contribution in [0.1, 0.15) is 38.3 Å². The second kappa shape index (κ2) is 7.90. The van der Waals surface area contributed by atoms with Gasteiger partial charge in [-0.1, -0.05) is 25.1 Å². The van der Waals surface area contributed by atoms with Crippen LogP contribution in [0.5, 0.6) is 5.75 Å². The topological polar surface area (TPSA) is 61.5 Å². The standard InChI is InChI=1S/C16H25NO3/c1-5-14(17)10-13-9-7-8-11(3)15(13)20-12(4)16(18)19-6-2/h7-9,12,14H,5-6,10,17H2,1-4H3. The van der Waals surface area contributed by atoms with Crippen molar-refractivity contribution in [3.8, 4) is 5.75 Å². The number of carbonyl (C=O) groups excluding carboxylic acids is 1. The summed E-state index contributed by atoms with van der Waals surface area (Å²) >= 11 is 0. The fraction of sp³-hybridized carbons (Fsp3) is 0.562. The minimum atomic E-state index is -0.618. The Morgan fingerprint density at radius 3 is 2.65 bits per heavy atom. The maximum absolute atomic E-state index is 11.7. The first-order valence-corrected chi connectivity index (χ1v) is 7.16. The Kier molecular flexibility index (Phi) is 6.52.